The summed E-state index contributed by atoms with van der Waals surface area (Å²) in [7, 11) is 0. The van der Waals surface area contributed by atoms with Crippen molar-refractivity contribution < 1.29 is 4.79 Å². The van der Waals surface area contributed by atoms with Crippen LogP contribution in [-0.4, -0.2) is 12.5 Å². The molecule has 0 aliphatic rings. The molecule has 2 rings (SSSR count). The number of rotatable bonds is 2. The molecular weight excluding hydrogens is 232 g/mol. The molecule has 0 amide bonds. The Morgan fingerprint density at radius 1 is 1.43 bits per heavy atom. The second-order valence-corrected chi connectivity index (χ2v) is 5.58. The molecule has 0 saturated heterocycles. The third-order valence-corrected chi connectivity index (χ3v) is 3.99. The topological polar surface area (TPSA) is 17.1 Å². The van der Waals surface area contributed by atoms with Gasteiger partial charge in [0.2, 0.25) is 0 Å². The highest BCUT2D eigenvalue weighted by Crippen LogP contribution is 2.33. The fourth-order valence-electron chi connectivity index (χ4n) is 1.34. The van der Waals surface area contributed by atoms with Crippen molar-refractivity contribution in [3.63, 3.8) is 0 Å². The minimum Gasteiger partial charge on any atom is -0.298 e. The Morgan fingerprint density at radius 3 is 2.86 bits per heavy atom. The average molecular weight is 240 g/mol. The summed E-state index contributed by atoms with van der Waals surface area (Å²) in [6, 6.07) is 5.95. The third-order valence-electron chi connectivity index (χ3n) is 1.99. The summed E-state index contributed by atoms with van der Waals surface area (Å²) < 4.78 is 2.07. The van der Waals surface area contributed by atoms with Crippen molar-refractivity contribution in [1.82, 2.24) is 0 Å². The number of fused-ring (bicyclic) bond motifs is 1. The number of thiol groups is 1. The van der Waals surface area contributed by atoms with Gasteiger partial charge in [0.1, 0.15) is 0 Å². The fourth-order valence-corrected chi connectivity index (χ4v) is 3.20. The van der Waals surface area contributed by atoms with Gasteiger partial charge in [-0.15, -0.1) is 35.7 Å². The first kappa shape index (κ1) is 10.1. The van der Waals surface area contributed by atoms with Crippen LogP contribution in [0.3, 0.4) is 0 Å². The summed E-state index contributed by atoms with van der Waals surface area (Å²) in [5.41, 5.74) is 0.753. The lowest BCUT2D eigenvalue weighted by atomic mass is 10.1. The van der Waals surface area contributed by atoms with E-state index in [0.29, 0.717) is 0 Å². The highest BCUT2D eigenvalue weighted by Gasteiger charge is 2.06. The normalized spacial score (nSPS) is 10.7. The first-order valence-corrected chi connectivity index (χ1v) is 6.49. The van der Waals surface area contributed by atoms with Crippen LogP contribution in [0.2, 0.25) is 0 Å². The number of hydrogen-bond acceptors (Lipinski definition) is 4. The molecule has 0 bridgehead atoms. The Balaban J connectivity index is 2.78. The van der Waals surface area contributed by atoms with Crippen LogP contribution < -0.4 is 0 Å². The van der Waals surface area contributed by atoms with Gasteiger partial charge in [0.25, 0.3) is 0 Å². The van der Waals surface area contributed by atoms with Crippen LogP contribution in [0.25, 0.3) is 10.1 Å². The molecule has 1 aromatic carbocycles. The summed E-state index contributed by atoms with van der Waals surface area (Å²) in [4.78, 5) is 12.0. The van der Waals surface area contributed by atoms with E-state index in [1.54, 1.807) is 23.1 Å². The first-order valence-electron chi connectivity index (χ1n) is 4.00. The fraction of sp³-hybridized carbons (Fsp3) is 0.100. The number of carbonyl (C=O) groups is 1. The molecule has 0 spiro atoms. The van der Waals surface area contributed by atoms with Crippen LogP contribution in [-0.2, 0) is 0 Å². The van der Waals surface area contributed by atoms with E-state index in [-0.39, 0.29) is 0 Å². The van der Waals surface area contributed by atoms with Crippen LogP contribution in [0.15, 0.2) is 27.3 Å². The molecule has 0 atom stereocenters. The summed E-state index contributed by atoms with van der Waals surface area (Å²) >= 11 is 7.54. The molecular formula is C10H8OS3. The molecule has 0 fully saturated rings. The minimum atomic E-state index is 0.753. The molecule has 0 saturated carbocycles. The highest BCUT2D eigenvalue weighted by atomic mass is 32.2. The average Bonchev–Trinajstić information content (AvgIpc) is 2.56. The maximum Gasteiger partial charge on any atom is 0.150 e. The molecule has 0 radical (unpaired) electrons. The first-order chi connectivity index (χ1) is 6.74. The summed E-state index contributed by atoms with van der Waals surface area (Å²) in [6.07, 6.45) is 2.91. The number of benzene rings is 1. The van der Waals surface area contributed by atoms with Crippen LogP contribution in [0.5, 0.6) is 0 Å². The Bertz CT molecular complexity index is 487. The monoisotopic (exact) mass is 240 g/mol. The molecule has 0 aliphatic heterocycles. The molecule has 14 heavy (non-hydrogen) atoms. The molecule has 0 unspecified atom stereocenters. The maximum atomic E-state index is 10.9. The molecule has 1 aromatic heterocycles. The van der Waals surface area contributed by atoms with Crippen molar-refractivity contribution in [1.29, 1.82) is 0 Å². The van der Waals surface area contributed by atoms with Gasteiger partial charge in [-0.2, -0.15) is 0 Å². The van der Waals surface area contributed by atoms with Crippen LogP contribution >= 0.6 is 35.7 Å². The van der Waals surface area contributed by atoms with Crippen molar-refractivity contribution in [3.8, 4) is 0 Å². The van der Waals surface area contributed by atoms with Gasteiger partial charge in [-0.25, -0.2) is 0 Å². The molecule has 0 aliphatic carbocycles. The van der Waals surface area contributed by atoms with E-state index in [1.165, 1.54) is 0 Å². The van der Waals surface area contributed by atoms with Gasteiger partial charge in [-0.05, 0) is 24.5 Å². The lowest BCUT2D eigenvalue weighted by molar-refractivity contribution is 0.112. The highest BCUT2D eigenvalue weighted by molar-refractivity contribution is 7.98. The third kappa shape index (κ3) is 1.69. The van der Waals surface area contributed by atoms with E-state index in [1.807, 2.05) is 18.4 Å². The van der Waals surface area contributed by atoms with Crippen LogP contribution in [0.4, 0.5) is 0 Å². The zero-order valence-electron chi connectivity index (χ0n) is 7.48. The molecule has 2 aromatic rings. The van der Waals surface area contributed by atoms with Crippen LogP contribution in [0.1, 0.15) is 10.4 Å². The number of thiophene rings is 1. The molecule has 0 N–H and O–H groups in total. The Kier molecular flexibility index (Phi) is 2.85. The standard InChI is InChI=1S/C10H8OS3/c1-13-7-2-6(5-11)8-4-10(12)14-9(8)3-7/h2-5,12H,1H3. The maximum absolute atomic E-state index is 10.9. The molecule has 72 valence electrons. The van der Waals surface area contributed by atoms with E-state index < -0.39 is 0 Å². The zero-order valence-corrected chi connectivity index (χ0v) is 10.0. The Morgan fingerprint density at radius 2 is 2.21 bits per heavy atom. The van der Waals surface area contributed by atoms with Gasteiger partial charge in [0.05, 0.1) is 4.21 Å². The second kappa shape index (κ2) is 3.96. The van der Waals surface area contributed by atoms with E-state index in [2.05, 4.69) is 18.7 Å². The number of carbonyl (C=O) groups excluding carboxylic acids is 1. The van der Waals surface area contributed by atoms with Gasteiger partial charge < -0.3 is 0 Å². The molecule has 1 heterocycles. The summed E-state index contributed by atoms with van der Waals surface area (Å²) in [5.74, 6) is 0. The van der Waals surface area contributed by atoms with Gasteiger partial charge in [0.15, 0.2) is 6.29 Å². The Labute approximate surface area is 95.9 Å². The summed E-state index contributed by atoms with van der Waals surface area (Å²) in [5, 5.41) is 1.01. The quantitative estimate of drug-likeness (QED) is 0.489. The van der Waals surface area contributed by atoms with E-state index in [0.717, 1.165) is 31.0 Å². The van der Waals surface area contributed by atoms with Gasteiger partial charge in [-0.3, -0.25) is 4.79 Å². The van der Waals surface area contributed by atoms with Crippen molar-refractivity contribution in [2.75, 3.05) is 6.26 Å². The number of aldehydes is 1. The minimum absolute atomic E-state index is 0.753. The lowest BCUT2D eigenvalue weighted by Gasteiger charge is -1.98. The largest absolute Gasteiger partial charge is 0.298 e. The van der Waals surface area contributed by atoms with Gasteiger partial charge >= 0.3 is 0 Å². The van der Waals surface area contributed by atoms with E-state index in [9.17, 15) is 4.79 Å². The predicted molar refractivity (Wildman–Crippen MR) is 66.2 cm³/mol. The number of hydrogen-bond donors (Lipinski definition) is 1. The molecule has 4 heteroatoms. The van der Waals surface area contributed by atoms with E-state index in [4.69, 9.17) is 0 Å². The van der Waals surface area contributed by atoms with E-state index >= 15 is 0 Å². The van der Waals surface area contributed by atoms with Crippen molar-refractivity contribution >= 4 is 52.1 Å². The lowest BCUT2D eigenvalue weighted by Crippen LogP contribution is -1.81. The van der Waals surface area contributed by atoms with Crippen molar-refractivity contribution in [3.05, 3.63) is 23.8 Å². The van der Waals surface area contributed by atoms with Crippen LogP contribution in [0, 0.1) is 0 Å². The second-order valence-electron chi connectivity index (χ2n) is 2.83. The Hall–Kier alpha value is -0.450. The predicted octanol–water partition coefficient (Wildman–Crippen LogP) is 3.72. The van der Waals surface area contributed by atoms with Gasteiger partial charge in [-0.1, -0.05) is 0 Å². The van der Waals surface area contributed by atoms with Crippen molar-refractivity contribution in [2.24, 2.45) is 0 Å². The zero-order chi connectivity index (χ0) is 10.1. The SMILES string of the molecule is CSc1cc(C=O)c2cc(S)sc2c1. The number of thioether (sulfide) groups is 1. The summed E-state index contributed by atoms with van der Waals surface area (Å²) in [6.45, 7) is 0. The van der Waals surface area contributed by atoms with Crippen molar-refractivity contribution in [2.45, 2.75) is 9.10 Å². The smallest absolute Gasteiger partial charge is 0.150 e. The molecule has 1 nitrogen and oxygen atoms in total. The van der Waals surface area contributed by atoms with Gasteiger partial charge in [0, 0.05) is 20.5 Å².